The molecule has 0 radical (unpaired) electrons. The summed E-state index contributed by atoms with van der Waals surface area (Å²) < 4.78 is 4.54. The standard InChI is InChI=1S/C3H8O.C2H6/c1-3-4-2;1-2/h3H2,1-2H3;1-2H3. The number of methoxy groups -OCH3 is 1. The van der Waals surface area contributed by atoms with Crippen molar-refractivity contribution in [3.05, 3.63) is 0 Å². The molecular formula is C5H14O. The fraction of sp³-hybridized carbons (Fsp3) is 1.00. The van der Waals surface area contributed by atoms with Crippen LogP contribution >= 0.6 is 0 Å². The molecule has 0 aromatic rings. The maximum absolute atomic E-state index is 4.54. The van der Waals surface area contributed by atoms with Gasteiger partial charge in [-0.1, -0.05) is 13.8 Å². The van der Waals surface area contributed by atoms with Crippen LogP contribution in [0.4, 0.5) is 0 Å². The van der Waals surface area contributed by atoms with E-state index in [9.17, 15) is 0 Å². The average Bonchev–Trinajstić information content (AvgIpc) is 1.72. The molecule has 0 unspecified atom stereocenters. The molecule has 0 heterocycles. The summed E-state index contributed by atoms with van der Waals surface area (Å²) in [7, 11) is 1.68. The monoisotopic (exact) mass is 90.1 g/mol. The molecule has 0 aliphatic heterocycles. The number of rotatable bonds is 1. The van der Waals surface area contributed by atoms with Gasteiger partial charge in [0.1, 0.15) is 0 Å². The first kappa shape index (κ1) is 9.35. The summed E-state index contributed by atoms with van der Waals surface area (Å²) in [4.78, 5) is 0. The Morgan fingerprint density at radius 2 is 1.50 bits per heavy atom. The topological polar surface area (TPSA) is 9.23 Å². The molecule has 0 aromatic carbocycles. The summed E-state index contributed by atoms with van der Waals surface area (Å²) in [6, 6.07) is 0. The highest BCUT2D eigenvalue weighted by Crippen LogP contribution is 1.52. The molecule has 0 aromatic heterocycles. The lowest BCUT2D eigenvalue weighted by Gasteiger charge is -1.76. The molecule has 0 rings (SSSR count). The summed E-state index contributed by atoms with van der Waals surface area (Å²) in [5, 5.41) is 0. The molecule has 6 heavy (non-hydrogen) atoms. The van der Waals surface area contributed by atoms with Gasteiger partial charge in [0.2, 0.25) is 0 Å². The van der Waals surface area contributed by atoms with E-state index in [1.165, 1.54) is 0 Å². The van der Waals surface area contributed by atoms with E-state index in [1.807, 2.05) is 20.8 Å². The number of ether oxygens (including phenoxy) is 1. The van der Waals surface area contributed by atoms with Crippen molar-refractivity contribution in [3.8, 4) is 0 Å². The average molecular weight is 90.2 g/mol. The Bertz CT molecular complexity index is 5.90. The second-order valence-electron chi connectivity index (χ2n) is 0.577. The van der Waals surface area contributed by atoms with Crippen LogP contribution < -0.4 is 0 Å². The van der Waals surface area contributed by atoms with Crippen molar-refractivity contribution in [2.75, 3.05) is 13.7 Å². The molecule has 0 saturated heterocycles. The minimum atomic E-state index is 0.819. The second kappa shape index (κ2) is 20.2. The van der Waals surface area contributed by atoms with E-state index in [0.29, 0.717) is 0 Å². The minimum absolute atomic E-state index is 0.819. The van der Waals surface area contributed by atoms with Crippen LogP contribution in [-0.4, -0.2) is 13.7 Å². The predicted molar refractivity (Wildman–Crippen MR) is 28.9 cm³/mol. The van der Waals surface area contributed by atoms with Gasteiger partial charge >= 0.3 is 0 Å². The van der Waals surface area contributed by atoms with Gasteiger partial charge in [-0.2, -0.15) is 0 Å². The molecule has 0 spiro atoms. The molecule has 0 aliphatic rings. The molecule has 1 nitrogen and oxygen atoms in total. The van der Waals surface area contributed by atoms with E-state index in [4.69, 9.17) is 0 Å². The van der Waals surface area contributed by atoms with Crippen LogP contribution in [0.3, 0.4) is 0 Å². The fourth-order valence-electron chi connectivity index (χ4n) is 0. The molecule has 0 aliphatic carbocycles. The Kier molecular flexibility index (Phi) is 31.6. The highest BCUT2D eigenvalue weighted by molar-refractivity contribution is 3.94. The van der Waals surface area contributed by atoms with E-state index in [-0.39, 0.29) is 0 Å². The number of hydrogen-bond acceptors (Lipinski definition) is 1. The van der Waals surface area contributed by atoms with Gasteiger partial charge in [0.15, 0.2) is 0 Å². The highest BCUT2D eigenvalue weighted by Gasteiger charge is 1.51. The Morgan fingerprint density at radius 3 is 1.50 bits per heavy atom. The third kappa shape index (κ3) is 37.6. The third-order valence-corrected chi connectivity index (χ3v) is 0.289. The highest BCUT2D eigenvalue weighted by atomic mass is 16.5. The Labute approximate surface area is 40.3 Å². The smallest absolute Gasteiger partial charge is 0.0433 e. The van der Waals surface area contributed by atoms with Crippen molar-refractivity contribution in [3.63, 3.8) is 0 Å². The summed E-state index contributed by atoms with van der Waals surface area (Å²) in [6.45, 7) is 6.78. The zero-order chi connectivity index (χ0) is 5.41. The van der Waals surface area contributed by atoms with Gasteiger partial charge < -0.3 is 4.74 Å². The van der Waals surface area contributed by atoms with Crippen LogP contribution in [-0.2, 0) is 4.74 Å². The molecule has 40 valence electrons. The van der Waals surface area contributed by atoms with Crippen LogP contribution in [0.15, 0.2) is 0 Å². The molecule has 1 heteroatoms. The summed E-state index contributed by atoms with van der Waals surface area (Å²) >= 11 is 0. The Hall–Kier alpha value is -0.0400. The minimum Gasteiger partial charge on any atom is -0.385 e. The normalized spacial score (nSPS) is 6.00. The first-order chi connectivity index (χ1) is 2.91. The van der Waals surface area contributed by atoms with Gasteiger partial charge in [-0.05, 0) is 6.92 Å². The zero-order valence-corrected chi connectivity index (χ0v) is 5.12. The van der Waals surface area contributed by atoms with Crippen LogP contribution in [0.1, 0.15) is 20.8 Å². The Morgan fingerprint density at radius 1 is 1.33 bits per heavy atom. The lowest BCUT2D eigenvalue weighted by Crippen LogP contribution is -1.73. The Balaban J connectivity index is 0. The summed E-state index contributed by atoms with van der Waals surface area (Å²) in [5.74, 6) is 0. The van der Waals surface area contributed by atoms with Gasteiger partial charge in [0.05, 0.1) is 0 Å². The molecule has 0 N–H and O–H groups in total. The van der Waals surface area contributed by atoms with Gasteiger partial charge in [-0.3, -0.25) is 0 Å². The van der Waals surface area contributed by atoms with Crippen LogP contribution in [0.5, 0.6) is 0 Å². The summed E-state index contributed by atoms with van der Waals surface area (Å²) in [6.07, 6.45) is 0. The number of hydrogen-bond donors (Lipinski definition) is 0. The van der Waals surface area contributed by atoms with Gasteiger partial charge in [0, 0.05) is 13.7 Å². The molecule has 0 bridgehead atoms. The molecule has 0 atom stereocenters. The molecule has 0 amide bonds. The third-order valence-electron chi connectivity index (χ3n) is 0.289. The van der Waals surface area contributed by atoms with Crippen molar-refractivity contribution in [2.24, 2.45) is 0 Å². The molecule has 0 saturated carbocycles. The van der Waals surface area contributed by atoms with Gasteiger partial charge in [0.25, 0.3) is 0 Å². The van der Waals surface area contributed by atoms with E-state index >= 15 is 0 Å². The fourth-order valence-corrected chi connectivity index (χ4v) is 0. The predicted octanol–water partition coefficient (Wildman–Crippen LogP) is 1.68. The van der Waals surface area contributed by atoms with E-state index in [1.54, 1.807) is 7.11 Å². The maximum Gasteiger partial charge on any atom is 0.0433 e. The van der Waals surface area contributed by atoms with Crippen LogP contribution in [0, 0.1) is 0 Å². The first-order valence-electron chi connectivity index (χ1n) is 2.40. The first-order valence-corrected chi connectivity index (χ1v) is 2.40. The second-order valence-corrected chi connectivity index (χ2v) is 0.577. The molecule has 0 fully saturated rings. The van der Waals surface area contributed by atoms with Crippen molar-refractivity contribution in [1.82, 2.24) is 0 Å². The van der Waals surface area contributed by atoms with Crippen molar-refractivity contribution in [1.29, 1.82) is 0 Å². The van der Waals surface area contributed by atoms with Gasteiger partial charge in [-0.25, -0.2) is 0 Å². The van der Waals surface area contributed by atoms with E-state index < -0.39 is 0 Å². The molecular weight excluding hydrogens is 76.1 g/mol. The summed E-state index contributed by atoms with van der Waals surface area (Å²) in [5.41, 5.74) is 0. The van der Waals surface area contributed by atoms with Crippen molar-refractivity contribution < 1.29 is 4.74 Å². The lowest BCUT2D eigenvalue weighted by atomic mass is 10.9. The quantitative estimate of drug-likeness (QED) is 0.476. The van der Waals surface area contributed by atoms with Crippen LogP contribution in [0.25, 0.3) is 0 Å². The van der Waals surface area contributed by atoms with E-state index in [0.717, 1.165) is 6.61 Å². The maximum atomic E-state index is 4.54. The SMILES string of the molecule is CC.CCOC. The largest absolute Gasteiger partial charge is 0.385 e. The van der Waals surface area contributed by atoms with Crippen molar-refractivity contribution in [2.45, 2.75) is 20.8 Å². The van der Waals surface area contributed by atoms with Crippen LogP contribution in [0.2, 0.25) is 0 Å². The zero-order valence-electron chi connectivity index (χ0n) is 5.12. The lowest BCUT2D eigenvalue weighted by molar-refractivity contribution is 0.215. The van der Waals surface area contributed by atoms with Crippen molar-refractivity contribution >= 4 is 0 Å². The van der Waals surface area contributed by atoms with Gasteiger partial charge in [-0.15, -0.1) is 0 Å². The van der Waals surface area contributed by atoms with E-state index in [2.05, 4.69) is 4.74 Å².